The van der Waals surface area contributed by atoms with Gasteiger partial charge in [-0.3, -0.25) is 19.9 Å². The van der Waals surface area contributed by atoms with Gasteiger partial charge in [-0.1, -0.05) is 12.1 Å². The van der Waals surface area contributed by atoms with E-state index in [0.717, 1.165) is 16.7 Å². The van der Waals surface area contributed by atoms with Gasteiger partial charge >= 0.3 is 5.97 Å². The molecule has 6 nitrogen and oxygen atoms in total. The zero-order valence-electron chi connectivity index (χ0n) is 13.7. The van der Waals surface area contributed by atoms with Crippen molar-refractivity contribution in [2.75, 3.05) is 5.32 Å². The van der Waals surface area contributed by atoms with E-state index in [9.17, 15) is 14.7 Å². The standard InChI is InChI=1S/C18H21N3O3/c1-12-5-6-15(8-13(12)2)21-17(22)9-16(18(23)24)20-11-14-4-3-7-19-10-14/h3-8,10,16,20H,9,11H2,1-2H3,(H,21,22)(H,23,24). The first-order valence-electron chi connectivity index (χ1n) is 7.68. The van der Waals surface area contributed by atoms with Crippen LogP contribution in [-0.2, 0) is 16.1 Å². The number of nitrogens with zero attached hydrogens (tertiary/aromatic N) is 1. The highest BCUT2D eigenvalue weighted by molar-refractivity contribution is 5.94. The lowest BCUT2D eigenvalue weighted by Crippen LogP contribution is -2.39. The first-order chi connectivity index (χ1) is 11.5. The van der Waals surface area contributed by atoms with Crippen molar-refractivity contribution in [1.29, 1.82) is 0 Å². The van der Waals surface area contributed by atoms with Crippen LogP contribution in [0.3, 0.4) is 0 Å². The number of benzene rings is 1. The molecule has 1 unspecified atom stereocenters. The Labute approximate surface area is 140 Å². The average Bonchev–Trinajstić information content (AvgIpc) is 2.55. The van der Waals surface area contributed by atoms with Crippen LogP contribution < -0.4 is 10.6 Å². The van der Waals surface area contributed by atoms with E-state index >= 15 is 0 Å². The molecule has 0 saturated heterocycles. The molecule has 1 aromatic heterocycles. The Balaban J connectivity index is 1.92. The molecule has 2 rings (SSSR count). The molecular formula is C18H21N3O3. The number of carbonyl (C=O) groups excluding carboxylic acids is 1. The zero-order valence-corrected chi connectivity index (χ0v) is 13.7. The molecule has 6 heteroatoms. The van der Waals surface area contributed by atoms with Crippen molar-refractivity contribution in [2.45, 2.75) is 32.9 Å². The van der Waals surface area contributed by atoms with Gasteiger partial charge in [-0.05, 0) is 48.7 Å². The summed E-state index contributed by atoms with van der Waals surface area (Å²) in [5.41, 5.74) is 3.73. The van der Waals surface area contributed by atoms with Gasteiger partial charge in [-0.15, -0.1) is 0 Å². The first kappa shape index (κ1) is 17.6. The largest absolute Gasteiger partial charge is 0.480 e. The van der Waals surface area contributed by atoms with Gasteiger partial charge < -0.3 is 10.4 Å². The summed E-state index contributed by atoms with van der Waals surface area (Å²) in [6.45, 7) is 4.28. The minimum absolute atomic E-state index is 0.150. The lowest BCUT2D eigenvalue weighted by atomic mass is 10.1. The molecule has 126 valence electrons. The molecule has 1 atom stereocenters. The number of rotatable bonds is 7. The van der Waals surface area contributed by atoms with Gasteiger partial charge in [0, 0.05) is 24.6 Å². The number of carbonyl (C=O) groups is 2. The highest BCUT2D eigenvalue weighted by atomic mass is 16.4. The summed E-state index contributed by atoms with van der Waals surface area (Å²) < 4.78 is 0. The Bertz CT molecular complexity index is 717. The van der Waals surface area contributed by atoms with Gasteiger partial charge in [-0.25, -0.2) is 0 Å². The summed E-state index contributed by atoms with van der Waals surface area (Å²) in [5, 5.41) is 14.9. The second-order valence-electron chi connectivity index (χ2n) is 5.68. The molecule has 0 saturated carbocycles. The van der Waals surface area contributed by atoms with Crippen LogP contribution in [0, 0.1) is 13.8 Å². The van der Waals surface area contributed by atoms with Gasteiger partial charge in [0.25, 0.3) is 0 Å². The maximum absolute atomic E-state index is 12.1. The highest BCUT2D eigenvalue weighted by Gasteiger charge is 2.20. The lowest BCUT2D eigenvalue weighted by Gasteiger charge is -2.15. The Morgan fingerprint density at radius 1 is 1.21 bits per heavy atom. The summed E-state index contributed by atoms with van der Waals surface area (Å²) in [4.78, 5) is 27.4. The van der Waals surface area contributed by atoms with E-state index in [1.807, 2.05) is 32.0 Å². The second-order valence-corrected chi connectivity index (χ2v) is 5.68. The van der Waals surface area contributed by atoms with Crippen molar-refractivity contribution in [1.82, 2.24) is 10.3 Å². The van der Waals surface area contributed by atoms with E-state index in [4.69, 9.17) is 0 Å². The SMILES string of the molecule is Cc1ccc(NC(=O)CC(NCc2cccnc2)C(=O)O)cc1C. The number of hydrogen-bond acceptors (Lipinski definition) is 4. The molecular weight excluding hydrogens is 306 g/mol. The monoisotopic (exact) mass is 327 g/mol. The smallest absolute Gasteiger partial charge is 0.321 e. The summed E-state index contributed by atoms with van der Waals surface area (Å²) in [6, 6.07) is 8.25. The number of anilines is 1. The third-order valence-electron chi connectivity index (χ3n) is 3.75. The van der Waals surface area contributed by atoms with E-state index in [1.54, 1.807) is 24.5 Å². The third-order valence-corrected chi connectivity index (χ3v) is 3.75. The number of aryl methyl sites for hydroxylation is 2. The van der Waals surface area contributed by atoms with Crippen LogP contribution in [0.4, 0.5) is 5.69 Å². The van der Waals surface area contributed by atoms with Crippen molar-refractivity contribution in [3.8, 4) is 0 Å². The fraction of sp³-hybridized carbons (Fsp3) is 0.278. The van der Waals surface area contributed by atoms with Crippen LogP contribution in [0.15, 0.2) is 42.7 Å². The summed E-state index contributed by atoms with van der Waals surface area (Å²) in [7, 11) is 0. The van der Waals surface area contributed by atoms with E-state index in [0.29, 0.717) is 12.2 Å². The molecule has 24 heavy (non-hydrogen) atoms. The van der Waals surface area contributed by atoms with E-state index < -0.39 is 12.0 Å². The lowest BCUT2D eigenvalue weighted by molar-refractivity contribution is -0.141. The average molecular weight is 327 g/mol. The number of pyridine rings is 1. The van der Waals surface area contributed by atoms with Gasteiger partial charge in [0.05, 0.1) is 6.42 Å². The maximum Gasteiger partial charge on any atom is 0.321 e. The molecule has 0 spiro atoms. The predicted octanol–water partition coefficient (Wildman–Crippen LogP) is 2.27. The molecule has 0 aliphatic carbocycles. The quantitative estimate of drug-likeness (QED) is 0.725. The van der Waals surface area contributed by atoms with Gasteiger partial charge in [0.2, 0.25) is 5.91 Å². The number of aliphatic carboxylic acids is 1. The molecule has 0 aliphatic heterocycles. The normalized spacial score (nSPS) is 11.8. The minimum Gasteiger partial charge on any atom is -0.480 e. The highest BCUT2D eigenvalue weighted by Crippen LogP contribution is 2.14. The molecule has 0 aliphatic rings. The molecule has 1 amide bonds. The first-order valence-corrected chi connectivity index (χ1v) is 7.68. The van der Waals surface area contributed by atoms with Crippen LogP contribution >= 0.6 is 0 Å². The van der Waals surface area contributed by atoms with Gasteiger partial charge in [0.15, 0.2) is 0 Å². The van der Waals surface area contributed by atoms with Crippen molar-refractivity contribution in [3.05, 3.63) is 59.4 Å². The van der Waals surface area contributed by atoms with Crippen LogP contribution in [-0.4, -0.2) is 28.0 Å². The van der Waals surface area contributed by atoms with Crippen LogP contribution in [0.25, 0.3) is 0 Å². The molecule has 2 aromatic rings. The predicted molar refractivity (Wildman–Crippen MR) is 91.7 cm³/mol. The van der Waals surface area contributed by atoms with Crippen LogP contribution in [0.1, 0.15) is 23.1 Å². The van der Waals surface area contributed by atoms with Crippen molar-refractivity contribution in [3.63, 3.8) is 0 Å². The minimum atomic E-state index is -1.06. The zero-order chi connectivity index (χ0) is 17.5. The summed E-state index contributed by atoms with van der Waals surface area (Å²) >= 11 is 0. The Kier molecular flexibility index (Phi) is 6.03. The summed E-state index contributed by atoms with van der Waals surface area (Å²) in [6.07, 6.45) is 3.15. The summed E-state index contributed by atoms with van der Waals surface area (Å²) in [5.74, 6) is -1.40. The van der Waals surface area contributed by atoms with Crippen molar-refractivity contribution < 1.29 is 14.7 Å². The number of carboxylic acid groups (broad SMARTS) is 1. The molecule has 1 aromatic carbocycles. The van der Waals surface area contributed by atoms with Crippen LogP contribution in [0.5, 0.6) is 0 Å². The Morgan fingerprint density at radius 2 is 2.00 bits per heavy atom. The van der Waals surface area contributed by atoms with Crippen molar-refractivity contribution >= 4 is 17.6 Å². The fourth-order valence-corrected chi connectivity index (χ4v) is 2.21. The third kappa shape index (κ3) is 5.17. The molecule has 3 N–H and O–H groups in total. The number of aromatic nitrogens is 1. The number of amides is 1. The van der Waals surface area contributed by atoms with Gasteiger partial charge in [0.1, 0.15) is 6.04 Å². The molecule has 0 fully saturated rings. The number of carboxylic acids is 1. The Morgan fingerprint density at radius 3 is 2.62 bits per heavy atom. The molecule has 0 radical (unpaired) electrons. The molecule has 0 bridgehead atoms. The van der Waals surface area contributed by atoms with E-state index in [1.165, 1.54) is 0 Å². The maximum atomic E-state index is 12.1. The fourth-order valence-electron chi connectivity index (χ4n) is 2.21. The second kappa shape index (κ2) is 8.21. The van der Waals surface area contributed by atoms with Crippen LogP contribution in [0.2, 0.25) is 0 Å². The Hall–Kier alpha value is -2.73. The number of nitrogens with one attached hydrogen (secondary N) is 2. The van der Waals surface area contributed by atoms with E-state index in [2.05, 4.69) is 15.6 Å². The topological polar surface area (TPSA) is 91.3 Å². The molecule has 1 heterocycles. The van der Waals surface area contributed by atoms with Crippen molar-refractivity contribution in [2.24, 2.45) is 0 Å². The van der Waals surface area contributed by atoms with E-state index in [-0.39, 0.29) is 12.3 Å². The number of hydrogen-bond donors (Lipinski definition) is 3. The van der Waals surface area contributed by atoms with Gasteiger partial charge in [-0.2, -0.15) is 0 Å².